The molecule has 0 unspecified atom stereocenters. The van der Waals surface area contributed by atoms with Gasteiger partial charge in [0.15, 0.2) is 11.7 Å². The Morgan fingerprint density at radius 2 is 1.88 bits per heavy atom. The molecule has 3 aromatic rings. The first-order chi connectivity index (χ1) is 12.5. The van der Waals surface area contributed by atoms with Crippen LogP contribution in [-0.2, 0) is 4.79 Å². The van der Waals surface area contributed by atoms with Crippen LogP contribution in [0, 0.1) is 11.6 Å². The van der Waals surface area contributed by atoms with Crippen LogP contribution in [0.25, 0.3) is 11.3 Å². The number of thiazole rings is 1. The minimum Gasteiger partial charge on any atom is -0.497 e. The lowest BCUT2D eigenvalue weighted by Crippen LogP contribution is -2.20. The van der Waals surface area contributed by atoms with Crippen LogP contribution in [0.3, 0.4) is 0 Å². The average Bonchev–Trinajstić information content (AvgIpc) is 3.10. The first-order valence-corrected chi connectivity index (χ1v) is 8.41. The van der Waals surface area contributed by atoms with Crippen molar-refractivity contribution in [2.75, 3.05) is 19.0 Å². The van der Waals surface area contributed by atoms with Crippen LogP contribution < -0.4 is 14.8 Å². The molecule has 0 saturated heterocycles. The Labute approximate surface area is 152 Å². The highest BCUT2D eigenvalue weighted by atomic mass is 32.1. The molecule has 0 saturated carbocycles. The Morgan fingerprint density at radius 3 is 2.62 bits per heavy atom. The molecule has 134 valence electrons. The van der Waals surface area contributed by atoms with E-state index < -0.39 is 17.5 Å². The van der Waals surface area contributed by atoms with Gasteiger partial charge in [0.2, 0.25) is 0 Å². The number of anilines is 1. The predicted molar refractivity (Wildman–Crippen MR) is 94.6 cm³/mol. The van der Waals surface area contributed by atoms with Crippen LogP contribution in [0.2, 0.25) is 0 Å². The van der Waals surface area contributed by atoms with Crippen molar-refractivity contribution in [1.82, 2.24) is 4.98 Å². The van der Waals surface area contributed by atoms with E-state index in [4.69, 9.17) is 9.47 Å². The number of halogens is 2. The fourth-order valence-corrected chi connectivity index (χ4v) is 2.85. The number of ether oxygens (including phenoxy) is 2. The smallest absolute Gasteiger partial charge is 0.264 e. The van der Waals surface area contributed by atoms with E-state index in [1.165, 1.54) is 5.38 Å². The zero-order chi connectivity index (χ0) is 18.5. The van der Waals surface area contributed by atoms with Crippen molar-refractivity contribution in [3.63, 3.8) is 0 Å². The van der Waals surface area contributed by atoms with Gasteiger partial charge in [0.05, 0.1) is 12.8 Å². The van der Waals surface area contributed by atoms with Gasteiger partial charge in [0.25, 0.3) is 5.91 Å². The van der Waals surface area contributed by atoms with E-state index in [-0.39, 0.29) is 23.0 Å². The molecule has 1 N–H and O–H groups in total. The maximum Gasteiger partial charge on any atom is 0.264 e. The number of hydrogen-bond donors (Lipinski definition) is 1. The fraction of sp³-hybridized carbons (Fsp3) is 0.111. The van der Waals surface area contributed by atoms with E-state index in [0.717, 1.165) is 29.5 Å². The predicted octanol–water partition coefficient (Wildman–Crippen LogP) is 4.11. The summed E-state index contributed by atoms with van der Waals surface area (Å²) in [6.07, 6.45) is 0. The molecule has 1 heterocycles. The number of aromatic nitrogens is 1. The lowest BCUT2D eigenvalue weighted by Gasteiger charge is -2.06. The Balaban J connectivity index is 1.59. The zero-order valence-corrected chi connectivity index (χ0v) is 14.5. The molecule has 1 aromatic heterocycles. The molecule has 8 heteroatoms. The summed E-state index contributed by atoms with van der Waals surface area (Å²) in [6.45, 7) is -0.213. The van der Waals surface area contributed by atoms with E-state index in [1.807, 2.05) is 0 Å². The summed E-state index contributed by atoms with van der Waals surface area (Å²) < 4.78 is 37.4. The maximum absolute atomic E-state index is 13.8. The molecular weight excluding hydrogens is 362 g/mol. The highest BCUT2D eigenvalue weighted by Gasteiger charge is 2.12. The number of hydrogen-bond acceptors (Lipinski definition) is 5. The molecule has 0 spiro atoms. The Kier molecular flexibility index (Phi) is 5.43. The largest absolute Gasteiger partial charge is 0.497 e. The summed E-state index contributed by atoms with van der Waals surface area (Å²) in [5.41, 5.74) is 0.287. The first-order valence-electron chi connectivity index (χ1n) is 7.53. The van der Waals surface area contributed by atoms with Crippen molar-refractivity contribution in [1.29, 1.82) is 0 Å². The molecule has 0 radical (unpaired) electrons. The second-order valence-corrected chi connectivity index (χ2v) is 6.03. The third-order valence-electron chi connectivity index (χ3n) is 3.38. The molecule has 0 aliphatic heterocycles. The molecule has 0 aliphatic rings. The van der Waals surface area contributed by atoms with Gasteiger partial charge in [-0.3, -0.25) is 10.1 Å². The SMILES string of the molecule is COc1ccc(OCC(=O)Nc2nc(-c3cc(F)ccc3F)cs2)cc1. The lowest BCUT2D eigenvalue weighted by atomic mass is 10.1. The molecule has 2 aromatic carbocycles. The minimum atomic E-state index is -0.586. The van der Waals surface area contributed by atoms with Gasteiger partial charge in [-0.25, -0.2) is 13.8 Å². The molecule has 5 nitrogen and oxygen atoms in total. The van der Waals surface area contributed by atoms with Crippen LogP contribution in [0.4, 0.5) is 13.9 Å². The second kappa shape index (κ2) is 7.92. The van der Waals surface area contributed by atoms with E-state index in [9.17, 15) is 13.6 Å². The summed E-state index contributed by atoms with van der Waals surface area (Å²) in [5, 5.41) is 4.37. The molecule has 3 rings (SSSR count). The normalized spacial score (nSPS) is 10.4. The monoisotopic (exact) mass is 376 g/mol. The van der Waals surface area contributed by atoms with Gasteiger partial charge in [-0.15, -0.1) is 11.3 Å². The summed E-state index contributed by atoms with van der Waals surface area (Å²) in [7, 11) is 1.56. The number of carbonyl (C=O) groups excluding carboxylic acids is 1. The number of benzene rings is 2. The van der Waals surface area contributed by atoms with Gasteiger partial charge in [0.1, 0.15) is 23.1 Å². The Hall–Kier alpha value is -3.00. The van der Waals surface area contributed by atoms with Gasteiger partial charge in [-0.05, 0) is 42.5 Å². The number of nitrogens with one attached hydrogen (secondary N) is 1. The molecular formula is C18H14F2N2O3S. The van der Waals surface area contributed by atoms with Crippen LogP contribution in [0.1, 0.15) is 0 Å². The minimum absolute atomic E-state index is 0.0382. The molecule has 1 amide bonds. The van der Waals surface area contributed by atoms with Crippen molar-refractivity contribution >= 4 is 22.4 Å². The van der Waals surface area contributed by atoms with Crippen LogP contribution >= 0.6 is 11.3 Å². The average molecular weight is 376 g/mol. The van der Waals surface area contributed by atoms with Crippen molar-refractivity contribution in [3.05, 3.63) is 59.5 Å². The molecule has 0 bridgehead atoms. The van der Waals surface area contributed by atoms with Gasteiger partial charge in [-0.2, -0.15) is 0 Å². The van der Waals surface area contributed by atoms with E-state index >= 15 is 0 Å². The maximum atomic E-state index is 13.8. The van der Waals surface area contributed by atoms with Gasteiger partial charge in [0, 0.05) is 10.9 Å². The Morgan fingerprint density at radius 1 is 1.15 bits per heavy atom. The fourth-order valence-electron chi connectivity index (χ4n) is 2.12. The van der Waals surface area contributed by atoms with Gasteiger partial charge >= 0.3 is 0 Å². The summed E-state index contributed by atoms with van der Waals surface area (Å²) >= 11 is 1.11. The first kappa shape index (κ1) is 17.8. The summed E-state index contributed by atoms with van der Waals surface area (Å²) in [6, 6.07) is 9.92. The van der Waals surface area contributed by atoms with Crippen molar-refractivity contribution < 1.29 is 23.0 Å². The third kappa shape index (κ3) is 4.34. The van der Waals surface area contributed by atoms with Crippen LogP contribution in [0.5, 0.6) is 11.5 Å². The van der Waals surface area contributed by atoms with Gasteiger partial charge < -0.3 is 9.47 Å². The highest BCUT2D eigenvalue weighted by Crippen LogP contribution is 2.27. The van der Waals surface area contributed by atoms with E-state index in [0.29, 0.717) is 11.5 Å². The molecule has 0 aliphatic carbocycles. The lowest BCUT2D eigenvalue weighted by molar-refractivity contribution is -0.118. The third-order valence-corrected chi connectivity index (χ3v) is 4.14. The number of methoxy groups -OCH3 is 1. The van der Waals surface area contributed by atoms with Crippen molar-refractivity contribution in [2.24, 2.45) is 0 Å². The van der Waals surface area contributed by atoms with E-state index in [2.05, 4.69) is 10.3 Å². The van der Waals surface area contributed by atoms with Crippen LogP contribution in [0.15, 0.2) is 47.8 Å². The number of amides is 1. The van der Waals surface area contributed by atoms with Gasteiger partial charge in [-0.1, -0.05) is 0 Å². The highest BCUT2D eigenvalue weighted by molar-refractivity contribution is 7.14. The second-order valence-electron chi connectivity index (χ2n) is 5.17. The topological polar surface area (TPSA) is 60.5 Å². The summed E-state index contributed by atoms with van der Waals surface area (Å²) in [5.74, 6) is -0.365. The molecule has 0 atom stereocenters. The van der Waals surface area contributed by atoms with Crippen molar-refractivity contribution in [2.45, 2.75) is 0 Å². The van der Waals surface area contributed by atoms with E-state index in [1.54, 1.807) is 31.4 Å². The number of nitrogens with zero attached hydrogens (tertiary/aromatic N) is 1. The van der Waals surface area contributed by atoms with Crippen LogP contribution in [-0.4, -0.2) is 24.6 Å². The molecule has 0 fully saturated rings. The Bertz CT molecular complexity index is 913. The number of rotatable bonds is 6. The zero-order valence-electron chi connectivity index (χ0n) is 13.7. The molecule has 26 heavy (non-hydrogen) atoms. The quantitative estimate of drug-likeness (QED) is 0.703. The van der Waals surface area contributed by atoms with Crippen molar-refractivity contribution in [3.8, 4) is 22.8 Å². The summed E-state index contributed by atoms with van der Waals surface area (Å²) in [4.78, 5) is 16.1. The standard InChI is InChI=1S/C18H14F2N2O3S/c1-24-12-3-5-13(6-4-12)25-9-17(23)22-18-21-16(10-26-18)14-8-11(19)2-7-15(14)20/h2-8,10H,9H2,1H3,(H,21,22,23). The number of carbonyl (C=O) groups is 1.